The Morgan fingerprint density at radius 2 is 1.59 bits per heavy atom. The zero-order valence-electron chi connectivity index (χ0n) is 22.4. The number of nitrogens with zero attached hydrogens (tertiary/aromatic N) is 1. The van der Waals surface area contributed by atoms with Gasteiger partial charge in [0.15, 0.2) is 23.1 Å². The maximum atomic E-state index is 13.6. The van der Waals surface area contributed by atoms with Crippen molar-refractivity contribution >= 4 is 50.1 Å². The van der Waals surface area contributed by atoms with E-state index in [-0.39, 0.29) is 17.5 Å². The Morgan fingerprint density at radius 1 is 0.949 bits per heavy atom. The van der Waals surface area contributed by atoms with Gasteiger partial charge in [0.25, 0.3) is 0 Å². The van der Waals surface area contributed by atoms with Crippen LogP contribution < -0.4 is 9.47 Å². The van der Waals surface area contributed by atoms with Crippen molar-refractivity contribution in [1.82, 2.24) is 4.90 Å². The normalized spacial score (nSPS) is 17.9. The minimum atomic E-state index is -0.378. The Labute approximate surface area is 252 Å². The summed E-state index contributed by atoms with van der Waals surface area (Å²) in [6.07, 6.45) is 5.24. The van der Waals surface area contributed by atoms with Crippen LogP contribution in [-0.2, 0) is 20.9 Å². The van der Waals surface area contributed by atoms with Gasteiger partial charge in [-0.05, 0) is 90.1 Å². The fourth-order valence-corrected chi connectivity index (χ4v) is 7.01. The van der Waals surface area contributed by atoms with Gasteiger partial charge in [-0.25, -0.2) is 0 Å². The largest absolute Gasteiger partial charge is 0.493 e. The number of Topliss-reactive ketones (excluding diaryl/α,β-unsaturated/α-hetero) is 2. The van der Waals surface area contributed by atoms with Crippen LogP contribution in [0.3, 0.4) is 0 Å². The zero-order valence-corrected chi connectivity index (χ0v) is 26.1. The molecular weight excluding hydrogens is 673 g/mol. The second-order valence-corrected chi connectivity index (χ2v) is 12.2. The smallest absolute Gasteiger partial charge is 0.174 e. The molecule has 3 aliphatic rings. The monoisotopic (exact) mass is 705 g/mol. The fourth-order valence-electron chi connectivity index (χ4n) is 5.97. The van der Waals surface area contributed by atoms with Crippen molar-refractivity contribution in [3.05, 3.63) is 78.1 Å². The lowest BCUT2D eigenvalue weighted by Gasteiger charge is -2.44. The van der Waals surface area contributed by atoms with Crippen molar-refractivity contribution in [3.63, 3.8) is 0 Å². The number of hydrogen-bond donors (Lipinski definition) is 0. The molecule has 2 aromatic carbocycles. The molecule has 0 saturated carbocycles. The van der Waals surface area contributed by atoms with E-state index in [2.05, 4.69) is 49.5 Å². The average molecular weight is 706 g/mol. The molecule has 1 heterocycles. The van der Waals surface area contributed by atoms with Gasteiger partial charge in [0.1, 0.15) is 6.61 Å². The molecule has 0 amide bonds. The van der Waals surface area contributed by atoms with Crippen LogP contribution in [0.2, 0.25) is 0 Å². The lowest BCUT2D eigenvalue weighted by atomic mass is 9.71. The van der Waals surface area contributed by atoms with Crippen molar-refractivity contribution in [1.29, 1.82) is 0 Å². The molecule has 2 aliphatic carbocycles. The molecule has 206 valence electrons. The highest BCUT2D eigenvalue weighted by Crippen LogP contribution is 2.50. The SMILES string of the molecule is COCCCN1C2=C(C(=O)CCC2)C(c2cc(I)c(OCc3ccc(Br)cc3)c(OC)c2)C2=C1CCCC2=O. The molecule has 0 N–H and O–H groups in total. The summed E-state index contributed by atoms with van der Waals surface area (Å²) in [5, 5.41) is 0. The number of allylic oxidation sites excluding steroid dienone is 4. The first kappa shape index (κ1) is 28.4. The van der Waals surface area contributed by atoms with Crippen LogP contribution in [0.4, 0.5) is 0 Å². The first-order valence-corrected chi connectivity index (χ1v) is 15.3. The van der Waals surface area contributed by atoms with Gasteiger partial charge in [-0.2, -0.15) is 0 Å². The van der Waals surface area contributed by atoms with Crippen LogP contribution in [0.15, 0.2) is 63.4 Å². The zero-order chi connectivity index (χ0) is 27.5. The summed E-state index contributed by atoms with van der Waals surface area (Å²) in [5.41, 5.74) is 5.71. The summed E-state index contributed by atoms with van der Waals surface area (Å²) in [4.78, 5) is 29.4. The van der Waals surface area contributed by atoms with Gasteiger partial charge < -0.3 is 19.1 Å². The predicted octanol–water partition coefficient (Wildman–Crippen LogP) is 7.09. The highest BCUT2D eigenvalue weighted by molar-refractivity contribution is 14.1. The first-order chi connectivity index (χ1) is 18.9. The molecule has 0 fully saturated rings. The van der Waals surface area contributed by atoms with Crippen molar-refractivity contribution in [3.8, 4) is 11.5 Å². The van der Waals surface area contributed by atoms with E-state index < -0.39 is 0 Å². The van der Waals surface area contributed by atoms with E-state index in [0.717, 1.165) is 80.4 Å². The molecule has 0 radical (unpaired) electrons. The predicted molar refractivity (Wildman–Crippen MR) is 162 cm³/mol. The molecule has 0 unspecified atom stereocenters. The lowest BCUT2D eigenvalue weighted by Crippen LogP contribution is -2.39. The van der Waals surface area contributed by atoms with Crippen LogP contribution >= 0.6 is 38.5 Å². The van der Waals surface area contributed by atoms with Gasteiger partial charge >= 0.3 is 0 Å². The van der Waals surface area contributed by atoms with E-state index in [0.29, 0.717) is 37.6 Å². The fraction of sp³-hybridized carbons (Fsp3) is 0.419. The molecule has 1 aliphatic heterocycles. The standard InChI is InChI=1S/C31H33BrINO5/c1-37-15-5-14-34-23-6-3-8-25(35)29(23)28(30-24(34)7-4-9-26(30)36)20-16-22(33)31(27(17-20)38-2)39-18-19-10-12-21(32)13-11-19/h10-13,16-17,28H,3-9,14-15,18H2,1-2H3. The first-order valence-electron chi connectivity index (χ1n) is 13.5. The summed E-state index contributed by atoms with van der Waals surface area (Å²) in [6.45, 7) is 1.80. The van der Waals surface area contributed by atoms with E-state index in [1.54, 1.807) is 14.2 Å². The number of hydrogen-bond acceptors (Lipinski definition) is 6. The third kappa shape index (κ3) is 5.84. The summed E-state index contributed by atoms with van der Waals surface area (Å²) >= 11 is 5.74. The maximum absolute atomic E-state index is 13.6. The van der Waals surface area contributed by atoms with Gasteiger partial charge in [-0.15, -0.1) is 0 Å². The number of methoxy groups -OCH3 is 2. The summed E-state index contributed by atoms with van der Waals surface area (Å²) in [5.74, 6) is 1.18. The quantitative estimate of drug-likeness (QED) is 0.205. The van der Waals surface area contributed by atoms with Gasteiger partial charge in [0, 0.05) is 66.0 Å². The number of ketones is 2. The van der Waals surface area contributed by atoms with Crippen LogP contribution in [0, 0.1) is 3.57 Å². The number of carbonyl (C=O) groups excluding carboxylic acids is 2. The highest BCUT2D eigenvalue weighted by atomic mass is 127. The third-order valence-corrected chi connectivity index (χ3v) is 9.03. The molecule has 0 atom stereocenters. The Kier molecular flexibility index (Phi) is 9.13. The second-order valence-electron chi connectivity index (χ2n) is 10.2. The number of carbonyl (C=O) groups is 2. The lowest BCUT2D eigenvalue weighted by molar-refractivity contribution is -0.117. The summed E-state index contributed by atoms with van der Waals surface area (Å²) < 4.78 is 19.3. The summed E-state index contributed by atoms with van der Waals surface area (Å²) in [6, 6.07) is 12.0. The highest BCUT2D eigenvalue weighted by Gasteiger charge is 2.43. The Morgan fingerprint density at radius 3 is 2.18 bits per heavy atom. The molecule has 0 saturated heterocycles. The van der Waals surface area contributed by atoms with Crippen molar-refractivity contribution in [2.45, 2.75) is 57.5 Å². The van der Waals surface area contributed by atoms with Crippen LogP contribution in [0.5, 0.6) is 11.5 Å². The Bertz CT molecular complexity index is 1290. The van der Waals surface area contributed by atoms with E-state index in [4.69, 9.17) is 14.2 Å². The van der Waals surface area contributed by atoms with Crippen molar-refractivity contribution < 1.29 is 23.8 Å². The molecular formula is C31H33BrINO5. The number of benzene rings is 2. The Hall–Kier alpha value is -2.17. The van der Waals surface area contributed by atoms with Crippen LogP contribution in [-0.4, -0.2) is 43.8 Å². The minimum absolute atomic E-state index is 0.146. The molecule has 0 spiro atoms. The number of ether oxygens (including phenoxy) is 3. The van der Waals surface area contributed by atoms with Crippen molar-refractivity contribution in [2.24, 2.45) is 0 Å². The molecule has 5 rings (SSSR count). The van der Waals surface area contributed by atoms with Gasteiger partial charge in [0.2, 0.25) is 0 Å². The second kappa shape index (κ2) is 12.6. The van der Waals surface area contributed by atoms with Gasteiger partial charge in [-0.1, -0.05) is 28.1 Å². The Balaban J connectivity index is 1.57. The van der Waals surface area contributed by atoms with E-state index in [1.807, 2.05) is 30.3 Å². The molecule has 0 bridgehead atoms. The average Bonchev–Trinajstić information content (AvgIpc) is 2.93. The van der Waals surface area contributed by atoms with E-state index >= 15 is 0 Å². The van der Waals surface area contributed by atoms with E-state index in [1.165, 1.54) is 0 Å². The molecule has 6 nitrogen and oxygen atoms in total. The summed E-state index contributed by atoms with van der Waals surface area (Å²) in [7, 11) is 3.34. The van der Waals surface area contributed by atoms with Crippen LogP contribution in [0.25, 0.3) is 0 Å². The third-order valence-electron chi connectivity index (χ3n) is 7.70. The van der Waals surface area contributed by atoms with Gasteiger partial charge in [0.05, 0.1) is 10.7 Å². The molecule has 0 aromatic heterocycles. The van der Waals surface area contributed by atoms with Gasteiger partial charge in [-0.3, -0.25) is 9.59 Å². The molecule has 2 aromatic rings. The number of halogens is 2. The maximum Gasteiger partial charge on any atom is 0.174 e. The van der Waals surface area contributed by atoms with E-state index in [9.17, 15) is 9.59 Å². The number of rotatable bonds is 9. The molecule has 8 heteroatoms. The minimum Gasteiger partial charge on any atom is -0.493 e. The van der Waals surface area contributed by atoms with Crippen molar-refractivity contribution in [2.75, 3.05) is 27.4 Å². The topological polar surface area (TPSA) is 65.1 Å². The molecule has 39 heavy (non-hydrogen) atoms. The van der Waals surface area contributed by atoms with Crippen LogP contribution in [0.1, 0.15) is 62.0 Å².